The van der Waals surface area contributed by atoms with Crippen molar-refractivity contribution in [3.8, 4) is 5.75 Å². The maximum absolute atomic E-state index is 12.2. The first kappa shape index (κ1) is 15.1. The molecule has 5 nitrogen and oxygen atoms in total. The van der Waals surface area contributed by atoms with Crippen LogP contribution in [0, 0.1) is 0 Å². The van der Waals surface area contributed by atoms with Crippen molar-refractivity contribution >= 4 is 18.0 Å². The number of carboxylic acid groups (broad SMARTS) is 1. The minimum absolute atomic E-state index is 0.0126. The average molecular weight is 289 g/mol. The van der Waals surface area contributed by atoms with Crippen molar-refractivity contribution < 1.29 is 19.4 Å². The monoisotopic (exact) mass is 289 g/mol. The van der Waals surface area contributed by atoms with E-state index in [0.29, 0.717) is 6.54 Å². The molecule has 1 N–H and O–H groups in total. The molecule has 2 rings (SSSR count). The number of nitrogens with zero attached hydrogens (tertiary/aromatic N) is 1. The molecule has 1 heterocycles. The van der Waals surface area contributed by atoms with Gasteiger partial charge >= 0.3 is 5.97 Å². The lowest BCUT2D eigenvalue weighted by atomic mass is 10.1. The molecule has 1 fully saturated rings. The van der Waals surface area contributed by atoms with Gasteiger partial charge in [-0.25, -0.2) is 0 Å². The summed E-state index contributed by atoms with van der Waals surface area (Å²) in [7, 11) is 1.59. The zero-order valence-electron chi connectivity index (χ0n) is 12.0. The highest BCUT2D eigenvalue weighted by Crippen LogP contribution is 2.21. The number of hydrogen-bond acceptors (Lipinski definition) is 3. The molecule has 21 heavy (non-hydrogen) atoms. The Morgan fingerprint density at radius 1 is 1.48 bits per heavy atom. The smallest absolute Gasteiger partial charge is 0.305 e. The van der Waals surface area contributed by atoms with Gasteiger partial charge in [0.25, 0.3) is 0 Å². The molecule has 1 amide bonds. The van der Waals surface area contributed by atoms with E-state index in [0.717, 1.165) is 24.2 Å². The molecule has 0 spiro atoms. The van der Waals surface area contributed by atoms with Gasteiger partial charge in [-0.15, -0.1) is 0 Å². The van der Waals surface area contributed by atoms with Crippen LogP contribution in [0.15, 0.2) is 30.3 Å². The van der Waals surface area contributed by atoms with Gasteiger partial charge in [0.2, 0.25) is 5.91 Å². The summed E-state index contributed by atoms with van der Waals surface area (Å²) in [5.74, 6) is -0.271. The van der Waals surface area contributed by atoms with Crippen molar-refractivity contribution in [1.82, 2.24) is 4.90 Å². The summed E-state index contributed by atoms with van der Waals surface area (Å²) in [5.41, 5.74) is 0.872. The van der Waals surface area contributed by atoms with Crippen LogP contribution < -0.4 is 4.74 Å². The minimum atomic E-state index is -0.864. The number of carbonyl (C=O) groups excluding carboxylic acids is 1. The van der Waals surface area contributed by atoms with E-state index in [1.54, 1.807) is 18.1 Å². The normalized spacial score (nSPS) is 18.1. The first-order valence-corrected chi connectivity index (χ1v) is 6.94. The standard InChI is InChI=1S/C16H19NO4/c1-21-14-6-2-4-12(10-14)7-8-15(18)17-9-3-5-13(17)11-16(19)20/h2,4,6-8,10,13H,3,5,9,11H2,1H3,(H,19,20)/b8-7+. The molecule has 0 aliphatic carbocycles. The van der Waals surface area contributed by atoms with Gasteiger partial charge in [0.05, 0.1) is 13.5 Å². The number of rotatable bonds is 5. The van der Waals surface area contributed by atoms with Crippen molar-refractivity contribution in [2.45, 2.75) is 25.3 Å². The fourth-order valence-electron chi connectivity index (χ4n) is 2.55. The number of carboxylic acids is 1. The number of carbonyl (C=O) groups is 2. The molecule has 0 saturated carbocycles. The average Bonchev–Trinajstić information content (AvgIpc) is 2.92. The largest absolute Gasteiger partial charge is 0.497 e. The molecule has 1 aliphatic rings. The van der Waals surface area contributed by atoms with Gasteiger partial charge < -0.3 is 14.7 Å². The number of ether oxygens (including phenoxy) is 1. The Balaban J connectivity index is 2.02. The lowest BCUT2D eigenvalue weighted by molar-refractivity contribution is -0.139. The lowest BCUT2D eigenvalue weighted by Gasteiger charge is -2.21. The molecular weight excluding hydrogens is 270 g/mol. The van der Waals surface area contributed by atoms with E-state index in [9.17, 15) is 9.59 Å². The summed E-state index contributed by atoms with van der Waals surface area (Å²) in [6.07, 6.45) is 4.84. The van der Waals surface area contributed by atoms with Crippen LogP contribution in [0.4, 0.5) is 0 Å². The molecule has 0 aromatic heterocycles. The maximum Gasteiger partial charge on any atom is 0.305 e. The molecule has 5 heteroatoms. The van der Waals surface area contributed by atoms with Crippen molar-refractivity contribution in [2.24, 2.45) is 0 Å². The predicted octanol–water partition coefficient (Wildman–Crippen LogP) is 2.17. The summed E-state index contributed by atoms with van der Waals surface area (Å²) in [6.45, 7) is 0.624. The summed E-state index contributed by atoms with van der Waals surface area (Å²) in [5, 5.41) is 8.87. The fraction of sp³-hybridized carbons (Fsp3) is 0.375. The Labute approximate surface area is 123 Å². The van der Waals surface area contributed by atoms with E-state index in [4.69, 9.17) is 9.84 Å². The van der Waals surface area contributed by atoms with Crippen molar-refractivity contribution in [2.75, 3.05) is 13.7 Å². The fourth-order valence-corrected chi connectivity index (χ4v) is 2.55. The zero-order valence-corrected chi connectivity index (χ0v) is 12.0. The highest BCUT2D eigenvalue weighted by molar-refractivity contribution is 5.92. The van der Waals surface area contributed by atoms with Crippen molar-refractivity contribution in [1.29, 1.82) is 0 Å². The van der Waals surface area contributed by atoms with E-state index in [1.165, 1.54) is 6.08 Å². The third-order valence-electron chi connectivity index (χ3n) is 3.58. The number of amides is 1. The molecule has 0 radical (unpaired) electrons. The molecule has 1 atom stereocenters. The summed E-state index contributed by atoms with van der Waals surface area (Å²) < 4.78 is 5.13. The topological polar surface area (TPSA) is 66.8 Å². The molecule has 1 aliphatic heterocycles. The van der Waals surface area contributed by atoms with Crippen LogP contribution in [0.3, 0.4) is 0 Å². The van der Waals surface area contributed by atoms with Gasteiger partial charge in [0, 0.05) is 18.7 Å². The first-order chi connectivity index (χ1) is 10.1. The second-order valence-corrected chi connectivity index (χ2v) is 5.04. The summed E-state index contributed by atoms with van der Waals surface area (Å²) in [6, 6.07) is 7.22. The van der Waals surface area contributed by atoms with Gasteiger partial charge in [-0.3, -0.25) is 9.59 Å². The van der Waals surface area contributed by atoms with Gasteiger partial charge in [0.15, 0.2) is 0 Å². The van der Waals surface area contributed by atoms with Crippen LogP contribution >= 0.6 is 0 Å². The van der Waals surface area contributed by atoms with E-state index < -0.39 is 5.97 Å². The summed E-state index contributed by atoms with van der Waals surface area (Å²) in [4.78, 5) is 24.6. The third kappa shape index (κ3) is 4.08. The predicted molar refractivity (Wildman–Crippen MR) is 79.0 cm³/mol. The van der Waals surface area contributed by atoms with Crippen LogP contribution in [-0.4, -0.2) is 41.6 Å². The van der Waals surface area contributed by atoms with Crippen molar-refractivity contribution in [3.05, 3.63) is 35.9 Å². The van der Waals surface area contributed by atoms with Crippen LogP contribution in [0.25, 0.3) is 6.08 Å². The Morgan fingerprint density at radius 2 is 2.29 bits per heavy atom. The molecule has 1 aromatic rings. The van der Waals surface area contributed by atoms with E-state index in [2.05, 4.69) is 0 Å². The second kappa shape index (κ2) is 6.92. The lowest BCUT2D eigenvalue weighted by Crippen LogP contribution is -2.35. The van der Waals surface area contributed by atoms with Crippen LogP contribution in [-0.2, 0) is 9.59 Å². The number of likely N-dealkylation sites (tertiary alicyclic amines) is 1. The molecular formula is C16H19NO4. The van der Waals surface area contributed by atoms with E-state index in [-0.39, 0.29) is 18.4 Å². The Hall–Kier alpha value is -2.30. The van der Waals surface area contributed by atoms with Gasteiger partial charge in [-0.1, -0.05) is 12.1 Å². The Bertz CT molecular complexity index is 553. The van der Waals surface area contributed by atoms with Gasteiger partial charge in [-0.05, 0) is 36.6 Å². The number of hydrogen-bond donors (Lipinski definition) is 1. The number of aliphatic carboxylic acids is 1. The molecule has 112 valence electrons. The van der Waals surface area contributed by atoms with Crippen LogP contribution in [0.5, 0.6) is 5.75 Å². The van der Waals surface area contributed by atoms with E-state index in [1.807, 2.05) is 24.3 Å². The Morgan fingerprint density at radius 3 is 3.00 bits per heavy atom. The van der Waals surface area contributed by atoms with Gasteiger partial charge in [-0.2, -0.15) is 0 Å². The molecule has 1 saturated heterocycles. The Kier molecular flexibility index (Phi) is 4.98. The minimum Gasteiger partial charge on any atom is -0.497 e. The zero-order chi connectivity index (χ0) is 15.2. The molecule has 1 unspecified atom stereocenters. The molecule has 0 bridgehead atoms. The third-order valence-corrected chi connectivity index (χ3v) is 3.58. The summed E-state index contributed by atoms with van der Waals surface area (Å²) >= 11 is 0. The highest BCUT2D eigenvalue weighted by Gasteiger charge is 2.28. The van der Waals surface area contributed by atoms with Crippen LogP contribution in [0.1, 0.15) is 24.8 Å². The second-order valence-electron chi connectivity index (χ2n) is 5.04. The molecule has 1 aromatic carbocycles. The van der Waals surface area contributed by atoms with Crippen molar-refractivity contribution in [3.63, 3.8) is 0 Å². The number of methoxy groups -OCH3 is 1. The maximum atomic E-state index is 12.2. The first-order valence-electron chi connectivity index (χ1n) is 6.94. The van der Waals surface area contributed by atoms with Crippen LogP contribution in [0.2, 0.25) is 0 Å². The van der Waals surface area contributed by atoms with Gasteiger partial charge in [0.1, 0.15) is 5.75 Å². The highest BCUT2D eigenvalue weighted by atomic mass is 16.5. The quantitative estimate of drug-likeness (QED) is 0.844. The number of benzene rings is 1. The SMILES string of the molecule is COc1cccc(/C=C/C(=O)N2CCCC2CC(=O)O)c1. The van der Waals surface area contributed by atoms with E-state index >= 15 is 0 Å².